The molecule has 2 heterocycles. The molecule has 1 aliphatic rings. The van der Waals surface area contributed by atoms with E-state index in [4.69, 9.17) is 16.0 Å². The van der Waals surface area contributed by atoms with Crippen LogP contribution in [0, 0.1) is 0 Å². The SMILES string of the molecule is CC1(C(=O)O)CCCN1c1nc2cc(Cl)ccc2o1. The highest BCUT2D eigenvalue weighted by atomic mass is 35.5. The van der Waals surface area contributed by atoms with E-state index in [-0.39, 0.29) is 0 Å². The van der Waals surface area contributed by atoms with Crippen LogP contribution in [0.5, 0.6) is 0 Å². The molecular weight excluding hydrogens is 268 g/mol. The summed E-state index contributed by atoms with van der Waals surface area (Å²) in [5.74, 6) is -0.856. The summed E-state index contributed by atoms with van der Waals surface area (Å²) >= 11 is 5.90. The van der Waals surface area contributed by atoms with E-state index in [1.54, 1.807) is 30.0 Å². The zero-order valence-electron chi connectivity index (χ0n) is 10.4. The molecule has 1 fully saturated rings. The fraction of sp³-hybridized carbons (Fsp3) is 0.385. The zero-order valence-corrected chi connectivity index (χ0v) is 11.1. The Kier molecular flexibility index (Phi) is 2.67. The monoisotopic (exact) mass is 280 g/mol. The quantitative estimate of drug-likeness (QED) is 0.916. The van der Waals surface area contributed by atoms with Gasteiger partial charge < -0.3 is 14.4 Å². The van der Waals surface area contributed by atoms with Crippen molar-refractivity contribution >= 4 is 34.7 Å². The molecule has 1 saturated heterocycles. The first kappa shape index (κ1) is 12.3. The molecule has 1 N–H and O–H groups in total. The molecule has 1 aliphatic heterocycles. The topological polar surface area (TPSA) is 66.6 Å². The zero-order chi connectivity index (χ0) is 13.6. The molecule has 6 heteroatoms. The number of carboxylic acids is 1. The highest BCUT2D eigenvalue weighted by Crippen LogP contribution is 2.35. The number of carboxylic acid groups (broad SMARTS) is 1. The van der Waals surface area contributed by atoms with Crippen molar-refractivity contribution in [1.29, 1.82) is 0 Å². The van der Waals surface area contributed by atoms with E-state index in [9.17, 15) is 9.90 Å². The number of aromatic nitrogens is 1. The first-order valence-corrected chi connectivity index (χ1v) is 6.46. The minimum absolute atomic E-state index is 0.347. The molecule has 5 nitrogen and oxygen atoms in total. The Labute approximate surface area is 114 Å². The summed E-state index contributed by atoms with van der Waals surface area (Å²) in [4.78, 5) is 17.5. The molecule has 1 aromatic heterocycles. The second kappa shape index (κ2) is 4.13. The average Bonchev–Trinajstić information content (AvgIpc) is 2.92. The predicted molar refractivity (Wildman–Crippen MR) is 71.6 cm³/mol. The number of anilines is 1. The van der Waals surface area contributed by atoms with Crippen LogP contribution in [0.3, 0.4) is 0 Å². The second-order valence-corrected chi connectivity index (χ2v) is 5.38. The standard InChI is InChI=1S/C13H13ClN2O3/c1-13(11(17)18)5-2-6-16(13)12-15-9-7-8(14)3-4-10(9)19-12/h3-4,7H,2,5-6H2,1H3,(H,17,18). The van der Waals surface area contributed by atoms with Crippen molar-refractivity contribution in [3.63, 3.8) is 0 Å². The number of benzene rings is 1. The number of aliphatic carboxylic acids is 1. The molecule has 2 aromatic rings. The summed E-state index contributed by atoms with van der Waals surface area (Å²) < 4.78 is 5.65. The number of hydrogen-bond donors (Lipinski definition) is 1. The molecule has 1 unspecified atom stereocenters. The molecule has 0 spiro atoms. The van der Waals surface area contributed by atoms with Gasteiger partial charge in [0.2, 0.25) is 0 Å². The van der Waals surface area contributed by atoms with Crippen molar-refractivity contribution < 1.29 is 14.3 Å². The third kappa shape index (κ3) is 1.85. The van der Waals surface area contributed by atoms with Gasteiger partial charge in [-0.3, -0.25) is 0 Å². The molecule has 3 rings (SSSR count). The van der Waals surface area contributed by atoms with Crippen LogP contribution in [0.2, 0.25) is 5.02 Å². The second-order valence-electron chi connectivity index (χ2n) is 4.94. The van der Waals surface area contributed by atoms with E-state index in [2.05, 4.69) is 4.98 Å². The molecule has 100 valence electrons. The molecule has 0 radical (unpaired) electrons. The van der Waals surface area contributed by atoms with Gasteiger partial charge in [-0.25, -0.2) is 4.79 Å². The van der Waals surface area contributed by atoms with Crippen molar-refractivity contribution in [1.82, 2.24) is 4.98 Å². The van der Waals surface area contributed by atoms with Crippen LogP contribution >= 0.6 is 11.6 Å². The van der Waals surface area contributed by atoms with Crippen molar-refractivity contribution in [2.24, 2.45) is 0 Å². The summed E-state index contributed by atoms with van der Waals surface area (Å²) in [7, 11) is 0. The first-order chi connectivity index (χ1) is 9.00. The highest BCUT2D eigenvalue weighted by Gasteiger charge is 2.45. The summed E-state index contributed by atoms with van der Waals surface area (Å²) in [6.45, 7) is 2.33. The minimum Gasteiger partial charge on any atom is -0.480 e. The Bertz CT molecular complexity index is 654. The van der Waals surface area contributed by atoms with Gasteiger partial charge in [0.15, 0.2) is 5.58 Å². The van der Waals surface area contributed by atoms with Crippen molar-refractivity contribution in [2.45, 2.75) is 25.3 Å². The van der Waals surface area contributed by atoms with Gasteiger partial charge in [0.1, 0.15) is 11.1 Å². The van der Waals surface area contributed by atoms with Gasteiger partial charge in [-0.05, 0) is 38.0 Å². The maximum absolute atomic E-state index is 11.4. The van der Waals surface area contributed by atoms with Gasteiger partial charge in [-0.2, -0.15) is 4.98 Å². The molecule has 0 amide bonds. The lowest BCUT2D eigenvalue weighted by Crippen LogP contribution is -2.48. The molecule has 1 atom stereocenters. The normalized spacial score (nSPS) is 23.2. The summed E-state index contributed by atoms with van der Waals surface area (Å²) in [6.07, 6.45) is 1.39. The Balaban J connectivity index is 2.06. The number of hydrogen-bond acceptors (Lipinski definition) is 4. The van der Waals surface area contributed by atoms with Crippen LogP contribution in [-0.2, 0) is 4.79 Å². The number of fused-ring (bicyclic) bond motifs is 1. The predicted octanol–water partition coefficient (Wildman–Crippen LogP) is 2.92. The minimum atomic E-state index is -0.954. The van der Waals surface area contributed by atoms with E-state index in [0.29, 0.717) is 35.1 Å². The lowest BCUT2D eigenvalue weighted by Gasteiger charge is -2.29. The molecule has 1 aromatic carbocycles. The Hall–Kier alpha value is -1.75. The molecule has 0 bridgehead atoms. The maximum atomic E-state index is 11.4. The highest BCUT2D eigenvalue weighted by molar-refractivity contribution is 6.31. The van der Waals surface area contributed by atoms with Crippen LogP contribution in [0.25, 0.3) is 11.1 Å². The van der Waals surface area contributed by atoms with E-state index in [0.717, 1.165) is 6.42 Å². The van der Waals surface area contributed by atoms with Gasteiger partial charge in [-0.15, -0.1) is 0 Å². The molecule has 19 heavy (non-hydrogen) atoms. The van der Waals surface area contributed by atoms with Gasteiger partial charge in [0.25, 0.3) is 6.01 Å². The van der Waals surface area contributed by atoms with E-state index in [1.807, 2.05) is 0 Å². The van der Waals surface area contributed by atoms with Crippen LogP contribution in [0.4, 0.5) is 6.01 Å². The van der Waals surface area contributed by atoms with E-state index in [1.165, 1.54) is 0 Å². The smallest absolute Gasteiger partial charge is 0.329 e. The van der Waals surface area contributed by atoms with Gasteiger partial charge >= 0.3 is 5.97 Å². The Morgan fingerprint density at radius 3 is 3.11 bits per heavy atom. The number of oxazole rings is 1. The largest absolute Gasteiger partial charge is 0.480 e. The summed E-state index contributed by atoms with van der Waals surface area (Å²) in [5.41, 5.74) is 0.297. The number of carbonyl (C=O) groups is 1. The fourth-order valence-corrected chi connectivity index (χ4v) is 2.66. The average molecular weight is 281 g/mol. The lowest BCUT2D eigenvalue weighted by molar-refractivity contribution is -0.142. The lowest BCUT2D eigenvalue weighted by atomic mass is 10.00. The molecule has 0 aliphatic carbocycles. The van der Waals surface area contributed by atoms with Gasteiger partial charge in [-0.1, -0.05) is 11.6 Å². The van der Waals surface area contributed by atoms with Gasteiger partial charge in [0.05, 0.1) is 0 Å². The Morgan fingerprint density at radius 2 is 2.37 bits per heavy atom. The van der Waals surface area contributed by atoms with Crippen LogP contribution in [0.1, 0.15) is 19.8 Å². The van der Waals surface area contributed by atoms with Crippen molar-refractivity contribution in [3.8, 4) is 0 Å². The van der Waals surface area contributed by atoms with Crippen LogP contribution < -0.4 is 4.90 Å². The number of halogens is 1. The van der Waals surface area contributed by atoms with Crippen LogP contribution in [-0.4, -0.2) is 28.1 Å². The molecule has 0 saturated carbocycles. The van der Waals surface area contributed by atoms with E-state index < -0.39 is 11.5 Å². The number of rotatable bonds is 2. The van der Waals surface area contributed by atoms with E-state index >= 15 is 0 Å². The third-order valence-electron chi connectivity index (χ3n) is 3.67. The number of nitrogens with zero attached hydrogens (tertiary/aromatic N) is 2. The van der Waals surface area contributed by atoms with Crippen LogP contribution in [0.15, 0.2) is 22.6 Å². The third-order valence-corrected chi connectivity index (χ3v) is 3.91. The molecular formula is C13H13ClN2O3. The Morgan fingerprint density at radius 1 is 1.58 bits per heavy atom. The van der Waals surface area contributed by atoms with Crippen molar-refractivity contribution in [2.75, 3.05) is 11.4 Å². The summed E-state index contributed by atoms with van der Waals surface area (Å²) in [5, 5.41) is 9.97. The fourth-order valence-electron chi connectivity index (χ4n) is 2.50. The maximum Gasteiger partial charge on any atom is 0.329 e. The first-order valence-electron chi connectivity index (χ1n) is 6.08. The van der Waals surface area contributed by atoms with Crippen molar-refractivity contribution in [3.05, 3.63) is 23.2 Å². The summed E-state index contributed by atoms with van der Waals surface area (Å²) in [6, 6.07) is 5.51. The van der Waals surface area contributed by atoms with Gasteiger partial charge in [0, 0.05) is 11.6 Å².